The van der Waals surface area contributed by atoms with Gasteiger partial charge in [-0.25, -0.2) is 0 Å². The van der Waals surface area contributed by atoms with Crippen LogP contribution in [0.5, 0.6) is 0 Å². The maximum absolute atomic E-state index is 13.3. The molecule has 2 aliphatic heterocycles. The molecule has 2 rings (SSSR count). The lowest BCUT2D eigenvalue weighted by molar-refractivity contribution is -0.359. The molecule has 14 nitrogen and oxygen atoms in total. The third kappa shape index (κ3) is 36.1. The number of hydrogen-bond donors (Lipinski definition) is 9. The lowest BCUT2D eigenvalue weighted by Crippen LogP contribution is -2.65. The molecule has 2 aliphatic rings. The van der Waals surface area contributed by atoms with E-state index in [1.807, 2.05) is 0 Å². The first-order valence-corrected chi connectivity index (χ1v) is 33.2. The number of aliphatic hydroxyl groups excluding tert-OH is 8. The summed E-state index contributed by atoms with van der Waals surface area (Å²) < 4.78 is 22.9. The monoisotopic (exact) mass is 1140 g/mol. The van der Waals surface area contributed by atoms with Gasteiger partial charge in [0.15, 0.2) is 12.6 Å². The van der Waals surface area contributed by atoms with Crippen molar-refractivity contribution >= 4 is 5.91 Å². The zero-order chi connectivity index (χ0) is 58.1. The van der Waals surface area contributed by atoms with E-state index >= 15 is 0 Å². The third-order valence-electron chi connectivity index (χ3n) is 16.4. The minimum atomic E-state index is -1.78. The Morgan fingerprint density at radius 1 is 0.450 bits per heavy atom. The second-order valence-electron chi connectivity index (χ2n) is 23.6. The summed E-state index contributed by atoms with van der Waals surface area (Å²) in [6.45, 7) is 2.88. The number of unbranched alkanes of at least 4 members (excludes halogenated alkanes) is 35. The lowest BCUT2D eigenvalue weighted by atomic mass is 9.97. The predicted octanol–water partition coefficient (Wildman–Crippen LogP) is 12.6. The number of ether oxygens (including phenoxy) is 4. The molecule has 9 N–H and O–H groups in total. The quantitative estimate of drug-likeness (QED) is 0.0204. The van der Waals surface area contributed by atoms with Crippen LogP contribution in [0.2, 0.25) is 0 Å². The molecule has 0 saturated carbocycles. The minimum Gasteiger partial charge on any atom is -0.394 e. The predicted molar refractivity (Wildman–Crippen MR) is 323 cm³/mol. The Balaban J connectivity index is 1.71. The van der Waals surface area contributed by atoms with Gasteiger partial charge in [0.1, 0.15) is 48.8 Å². The first-order chi connectivity index (χ1) is 39.1. The Morgan fingerprint density at radius 2 is 0.825 bits per heavy atom. The highest BCUT2D eigenvalue weighted by molar-refractivity contribution is 5.76. The number of carbonyl (C=O) groups excluding carboxylic acids is 1. The van der Waals surface area contributed by atoms with Crippen molar-refractivity contribution in [1.82, 2.24) is 5.32 Å². The van der Waals surface area contributed by atoms with Crippen molar-refractivity contribution < 1.29 is 64.6 Å². The molecular formula is C66H123NO13. The van der Waals surface area contributed by atoms with Crippen molar-refractivity contribution in [3.8, 4) is 0 Å². The largest absolute Gasteiger partial charge is 0.394 e. The summed E-state index contributed by atoms with van der Waals surface area (Å²) in [6, 6.07) is -0.832. The molecule has 12 atom stereocenters. The minimum absolute atomic E-state index is 0.208. The van der Waals surface area contributed by atoms with Crippen molar-refractivity contribution in [3.05, 3.63) is 36.5 Å². The van der Waals surface area contributed by atoms with Gasteiger partial charge in [-0.1, -0.05) is 262 Å². The molecule has 2 fully saturated rings. The normalized spacial score (nSPS) is 24.4. The molecule has 0 spiro atoms. The van der Waals surface area contributed by atoms with Gasteiger partial charge in [0.25, 0.3) is 0 Å². The number of carbonyl (C=O) groups is 1. The molecule has 0 bridgehead atoms. The molecule has 0 radical (unpaired) electrons. The van der Waals surface area contributed by atoms with Gasteiger partial charge in [-0.05, 0) is 51.4 Å². The van der Waals surface area contributed by atoms with Crippen LogP contribution in [0.15, 0.2) is 36.5 Å². The molecule has 14 heteroatoms. The van der Waals surface area contributed by atoms with Gasteiger partial charge in [-0.3, -0.25) is 4.79 Å². The number of rotatable bonds is 54. The molecule has 2 saturated heterocycles. The van der Waals surface area contributed by atoms with Gasteiger partial charge in [0.05, 0.1) is 32.0 Å². The van der Waals surface area contributed by atoms with Crippen LogP contribution in [0.3, 0.4) is 0 Å². The van der Waals surface area contributed by atoms with E-state index in [1.165, 1.54) is 186 Å². The third-order valence-corrected chi connectivity index (χ3v) is 16.4. The standard InChI is InChI=1S/C66H123NO13/c1-3-5-7-9-11-13-15-17-19-21-23-25-26-27-28-30-32-34-36-38-40-42-44-46-48-50-58(71)67-54(55(70)49-47-45-43-41-39-37-35-33-31-29-24-22-20-18-16-14-12-10-8-6-4-2)53-77-65-63(76)61(74)64(57(52-69)79-65)80-66-62(75)60(73)59(72)56(51-68)78-66/h15,17,21,23,26-27,54-57,59-66,68-70,72-76H,3-14,16,18-20,22,24-25,28-53H2,1-2H3,(H,67,71)/b17-15-,23-21-,27-26-. The van der Waals surface area contributed by atoms with Crippen molar-refractivity contribution in [2.24, 2.45) is 0 Å². The zero-order valence-electron chi connectivity index (χ0n) is 50.8. The summed E-state index contributed by atoms with van der Waals surface area (Å²) in [5.74, 6) is -0.208. The van der Waals surface area contributed by atoms with Crippen LogP contribution in [-0.2, 0) is 23.7 Å². The smallest absolute Gasteiger partial charge is 0.220 e. The van der Waals surface area contributed by atoms with E-state index in [4.69, 9.17) is 18.9 Å². The van der Waals surface area contributed by atoms with Crippen LogP contribution in [0, 0.1) is 0 Å². The molecule has 0 aromatic heterocycles. The van der Waals surface area contributed by atoms with Crippen LogP contribution < -0.4 is 5.32 Å². The maximum atomic E-state index is 13.3. The molecule has 2 heterocycles. The van der Waals surface area contributed by atoms with Crippen LogP contribution in [0.4, 0.5) is 0 Å². The van der Waals surface area contributed by atoms with Crippen molar-refractivity contribution in [1.29, 1.82) is 0 Å². The fraction of sp³-hybridized carbons (Fsp3) is 0.894. The molecule has 80 heavy (non-hydrogen) atoms. The summed E-state index contributed by atoms with van der Waals surface area (Å²) in [6.07, 6.45) is 47.1. The summed E-state index contributed by atoms with van der Waals surface area (Å²) in [4.78, 5) is 13.3. The van der Waals surface area contributed by atoms with Crippen LogP contribution >= 0.6 is 0 Å². The van der Waals surface area contributed by atoms with E-state index in [9.17, 15) is 45.6 Å². The Labute approximate surface area is 487 Å². The summed E-state index contributed by atoms with van der Waals surface area (Å²) >= 11 is 0. The van der Waals surface area contributed by atoms with E-state index in [1.54, 1.807) is 0 Å². The second kappa shape index (κ2) is 51.6. The highest BCUT2D eigenvalue weighted by Gasteiger charge is 2.51. The highest BCUT2D eigenvalue weighted by Crippen LogP contribution is 2.30. The first-order valence-electron chi connectivity index (χ1n) is 33.2. The van der Waals surface area contributed by atoms with Gasteiger partial charge in [0, 0.05) is 6.42 Å². The zero-order valence-corrected chi connectivity index (χ0v) is 50.8. The topological polar surface area (TPSA) is 228 Å². The number of nitrogens with one attached hydrogen (secondary N) is 1. The Morgan fingerprint density at radius 3 is 1.26 bits per heavy atom. The number of hydrogen-bond acceptors (Lipinski definition) is 13. The summed E-state index contributed by atoms with van der Waals surface area (Å²) in [5.41, 5.74) is 0. The molecule has 12 unspecified atom stereocenters. The summed E-state index contributed by atoms with van der Waals surface area (Å²) in [5, 5.41) is 87.5. The molecule has 0 aromatic rings. The number of amides is 1. The van der Waals surface area contributed by atoms with Gasteiger partial charge in [-0.15, -0.1) is 0 Å². The Hall–Kier alpha value is -1.79. The van der Waals surface area contributed by atoms with Gasteiger partial charge < -0.3 is 65.1 Å². The molecular weight excluding hydrogens is 1010 g/mol. The molecule has 0 aromatic carbocycles. The Bertz CT molecular complexity index is 1480. The maximum Gasteiger partial charge on any atom is 0.220 e. The number of allylic oxidation sites excluding steroid dienone is 6. The number of aliphatic hydroxyl groups is 8. The van der Waals surface area contributed by atoms with Crippen molar-refractivity contribution in [2.45, 2.75) is 357 Å². The molecule has 0 aliphatic carbocycles. The van der Waals surface area contributed by atoms with E-state index in [0.717, 1.165) is 70.6 Å². The van der Waals surface area contributed by atoms with Gasteiger partial charge >= 0.3 is 0 Å². The van der Waals surface area contributed by atoms with Gasteiger partial charge in [0.2, 0.25) is 5.91 Å². The average molecular weight is 1140 g/mol. The fourth-order valence-corrected chi connectivity index (χ4v) is 11.0. The van der Waals surface area contributed by atoms with Crippen molar-refractivity contribution in [3.63, 3.8) is 0 Å². The van der Waals surface area contributed by atoms with Crippen LogP contribution in [0.1, 0.15) is 284 Å². The SMILES string of the molecule is CCCCCCC/C=C\C/C=C\C/C=C\CCCCCCCCCCCCC(=O)NC(COC1OC(CO)C(OC2OC(CO)C(O)C(O)C2O)C(O)C1O)C(O)CCCCCCCCCCCCCCCCCCCCCCC. The fourth-order valence-electron chi connectivity index (χ4n) is 11.0. The Kier molecular flexibility index (Phi) is 47.9. The highest BCUT2D eigenvalue weighted by atomic mass is 16.7. The van der Waals surface area contributed by atoms with Crippen molar-refractivity contribution in [2.75, 3.05) is 19.8 Å². The first kappa shape index (κ1) is 74.3. The van der Waals surface area contributed by atoms with Crippen LogP contribution in [-0.4, -0.2) is 140 Å². The average Bonchev–Trinajstić information content (AvgIpc) is 3.49. The van der Waals surface area contributed by atoms with E-state index in [2.05, 4.69) is 55.6 Å². The summed E-state index contributed by atoms with van der Waals surface area (Å²) in [7, 11) is 0. The van der Waals surface area contributed by atoms with Crippen LogP contribution in [0.25, 0.3) is 0 Å². The van der Waals surface area contributed by atoms with E-state index in [-0.39, 0.29) is 12.5 Å². The lowest BCUT2D eigenvalue weighted by Gasteiger charge is -2.46. The molecule has 470 valence electrons. The van der Waals surface area contributed by atoms with Gasteiger partial charge in [-0.2, -0.15) is 0 Å². The van der Waals surface area contributed by atoms with E-state index < -0.39 is 86.8 Å². The molecule has 1 amide bonds. The van der Waals surface area contributed by atoms with E-state index in [0.29, 0.717) is 12.8 Å². The second-order valence-corrected chi connectivity index (χ2v) is 23.6.